The predicted octanol–water partition coefficient (Wildman–Crippen LogP) is 0.383. The average molecular weight is 222 g/mol. The van der Waals surface area contributed by atoms with Crippen LogP contribution in [0, 0.1) is 0 Å². The zero-order valence-electron chi connectivity index (χ0n) is 10.0. The molecule has 0 spiro atoms. The van der Waals surface area contributed by atoms with Gasteiger partial charge in [0.15, 0.2) is 5.69 Å². The molecule has 0 saturated heterocycles. The van der Waals surface area contributed by atoms with Crippen LogP contribution in [0.2, 0.25) is 0 Å². The average Bonchev–Trinajstić information content (AvgIpc) is 2.57. The third-order valence-corrected chi connectivity index (χ3v) is 3.09. The number of carbonyl (C=O) groups is 1. The van der Waals surface area contributed by atoms with Gasteiger partial charge in [-0.2, -0.15) is 5.10 Å². The van der Waals surface area contributed by atoms with Gasteiger partial charge in [0.2, 0.25) is 0 Å². The Hall–Kier alpha value is -1.36. The summed E-state index contributed by atoms with van der Waals surface area (Å²) >= 11 is 0. The van der Waals surface area contributed by atoms with E-state index in [1.54, 1.807) is 0 Å². The second-order valence-electron chi connectivity index (χ2n) is 4.84. The van der Waals surface area contributed by atoms with E-state index in [-0.39, 0.29) is 5.41 Å². The van der Waals surface area contributed by atoms with Gasteiger partial charge in [-0.1, -0.05) is 13.8 Å². The lowest BCUT2D eigenvalue weighted by molar-refractivity contribution is 0.0993. The van der Waals surface area contributed by atoms with E-state index in [9.17, 15) is 4.79 Å². The number of nitrogens with zero attached hydrogens (tertiary/aromatic N) is 2. The minimum Gasteiger partial charge on any atom is -0.364 e. The quantitative estimate of drug-likeness (QED) is 0.760. The number of hydrogen-bond donors (Lipinski definition) is 2. The second-order valence-corrected chi connectivity index (χ2v) is 4.84. The number of nitrogens with two attached hydrogens (primary N) is 1. The smallest absolute Gasteiger partial charge is 0.269 e. The summed E-state index contributed by atoms with van der Waals surface area (Å²) in [4.78, 5) is 11.3. The van der Waals surface area contributed by atoms with Crippen molar-refractivity contribution in [2.24, 2.45) is 5.73 Å². The van der Waals surface area contributed by atoms with E-state index in [1.807, 2.05) is 11.6 Å². The lowest BCUT2D eigenvalue weighted by atomic mass is 9.83. The molecule has 16 heavy (non-hydrogen) atoms. The molecule has 5 nitrogen and oxygen atoms in total. The molecule has 0 saturated carbocycles. The summed E-state index contributed by atoms with van der Waals surface area (Å²) in [5.74, 6) is -0.442. The van der Waals surface area contributed by atoms with Crippen LogP contribution in [0.25, 0.3) is 0 Å². The summed E-state index contributed by atoms with van der Waals surface area (Å²) in [5.41, 5.74) is 7.86. The molecular weight excluding hydrogens is 204 g/mol. The molecule has 1 aliphatic heterocycles. The molecule has 0 unspecified atom stereocenters. The number of amides is 1. The molecule has 0 aromatic carbocycles. The summed E-state index contributed by atoms with van der Waals surface area (Å²) < 4.78 is 1.90. The van der Waals surface area contributed by atoms with Crippen molar-refractivity contribution in [3.63, 3.8) is 0 Å². The van der Waals surface area contributed by atoms with Gasteiger partial charge >= 0.3 is 0 Å². The number of nitrogens with one attached hydrogen (secondary N) is 1. The molecule has 0 bridgehead atoms. The van der Waals surface area contributed by atoms with Crippen molar-refractivity contribution in [3.8, 4) is 0 Å². The van der Waals surface area contributed by atoms with E-state index < -0.39 is 5.91 Å². The third kappa shape index (κ3) is 1.51. The maximum atomic E-state index is 11.3. The highest BCUT2D eigenvalue weighted by atomic mass is 16.1. The van der Waals surface area contributed by atoms with Crippen molar-refractivity contribution >= 4 is 5.91 Å². The molecule has 0 fully saturated rings. The Bertz CT molecular complexity index is 433. The van der Waals surface area contributed by atoms with Gasteiger partial charge in [0, 0.05) is 30.6 Å². The van der Waals surface area contributed by atoms with Crippen molar-refractivity contribution in [2.75, 3.05) is 6.54 Å². The van der Waals surface area contributed by atoms with Gasteiger partial charge in [-0.25, -0.2) is 0 Å². The molecule has 1 aromatic heterocycles. The molecule has 0 atom stereocenters. The van der Waals surface area contributed by atoms with Crippen molar-refractivity contribution in [3.05, 3.63) is 17.0 Å². The maximum absolute atomic E-state index is 11.3. The lowest BCUT2D eigenvalue weighted by Gasteiger charge is -2.31. The number of hydrogen-bond acceptors (Lipinski definition) is 3. The largest absolute Gasteiger partial charge is 0.364 e. The summed E-state index contributed by atoms with van der Waals surface area (Å²) in [5, 5.41) is 7.61. The molecule has 88 valence electrons. The van der Waals surface area contributed by atoms with Crippen LogP contribution in [0.4, 0.5) is 0 Å². The van der Waals surface area contributed by atoms with Gasteiger partial charge in [0.05, 0.1) is 5.69 Å². The molecule has 0 aliphatic carbocycles. The molecule has 1 aromatic rings. The van der Waals surface area contributed by atoms with Gasteiger partial charge in [0.25, 0.3) is 5.91 Å². The van der Waals surface area contributed by atoms with Gasteiger partial charge in [-0.3, -0.25) is 9.48 Å². The SMILES string of the molecule is CCn1nc(C(N)=O)c2c1C(C)(C)CNC2. The van der Waals surface area contributed by atoms with Crippen LogP contribution in [-0.4, -0.2) is 22.2 Å². The molecule has 2 heterocycles. The molecule has 0 radical (unpaired) electrons. The van der Waals surface area contributed by atoms with Crippen LogP contribution < -0.4 is 11.1 Å². The lowest BCUT2D eigenvalue weighted by Crippen LogP contribution is -2.40. The first-order chi connectivity index (χ1) is 7.47. The second kappa shape index (κ2) is 3.59. The highest BCUT2D eigenvalue weighted by molar-refractivity contribution is 5.92. The fourth-order valence-corrected chi connectivity index (χ4v) is 2.43. The first-order valence-corrected chi connectivity index (χ1v) is 5.58. The van der Waals surface area contributed by atoms with Crippen molar-refractivity contribution < 1.29 is 4.79 Å². The Morgan fingerprint density at radius 1 is 1.62 bits per heavy atom. The van der Waals surface area contributed by atoms with E-state index in [1.165, 1.54) is 0 Å². The Morgan fingerprint density at radius 2 is 2.31 bits per heavy atom. The van der Waals surface area contributed by atoms with Crippen LogP contribution in [0.5, 0.6) is 0 Å². The van der Waals surface area contributed by atoms with Crippen molar-refractivity contribution in [1.29, 1.82) is 0 Å². The number of aryl methyl sites for hydroxylation is 1. The number of primary amides is 1. The summed E-state index contributed by atoms with van der Waals surface area (Å²) in [6.07, 6.45) is 0. The van der Waals surface area contributed by atoms with E-state index in [2.05, 4.69) is 24.3 Å². The van der Waals surface area contributed by atoms with Crippen LogP contribution in [0.1, 0.15) is 42.5 Å². The summed E-state index contributed by atoms with van der Waals surface area (Å²) in [6.45, 7) is 8.66. The van der Waals surface area contributed by atoms with Crippen LogP contribution in [0.15, 0.2) is 0 Å². The first-order valence-electron chi connectivity index (χ1n) is 5.58. The number of carbonyl (C=O) groups excluding carboxylic acids is 1. The monoisotopic (exact) mass is 222 g/mol. The summed E-state index contributed by atoms with van der Waals surface area (Å²) in [7, 11) is 0. The predicted molar refractivity (Wildman–Crippen MR) is 61.2 cm³/mol. The summed E-state index contributed by atoms with van der Waals surface area (Å²) in [6, 6.07) is 0. The topological polar surface area (TPSA) is 72.9 Å². The van der Waals surface area contributed by atoms with Crippen LogP contribution in [0.3, 0.4) is 0 Å². The van der Waals surface area contributed by atoms with E-state index in [0.717, 1.165) is 24.3 Å². The van der Waals surface area contributed by atoms with Gasteiger partial charge < -0.3 is 11.1 Å². The Balaban J connectivity index is 2.65. The number of aromatic nitrogens is 2. The fourth-order valence-electron chi connectivity index (χ4n) is 2.43. The normalized spacial score (nSPS) is 18.2. The molecule has 1 amide bonds. The van der Waals surface area contributed by atoms with Gasteiger partial charge in [-0.15, -0.1) is 0 Å². The number of fused-ring (bicyclic) bond motifs is 1. The van der Waals surface area contributed by atoms with Crippen LogP contribution in [-0.2, 0) is 18.5 Å². The van der Waals surface area contributed by atoms with E-state index in [0.29, 0.717) is 12.2 Å². The van der Waals surface area contributed by atoms with Crippen LogP contribution >= 0.6 is 0 Å². The molecule has 1 aliphatic rings. The zero-order valence-corrected chi connectivity index (χ0v) is 10.0. The number of rotatable bonds is 2. The molecule has 5 heteroatoms. The van der Waals surface area contributed by atoms with Gasteiger partial charge in [0.1, 0.15) is 0 Å². The van der Waals surface area contributed by atoms with E-state index >= 15 is 0 Å². The Kier molecular flexibility index (Phi) is 2.50. The minimum atomic E-state index is -0.442. The first kappa shape index (κ1) is 11.1. The Morgan fingerprint density at radius 3 is 2.88 bits per heavy atom. The van der Waals surface area contributed by atoms with E-state index in [4.69, 9.17) is 5.73 Å². The molecular formula is C11H18N4O. The highest BCUT2D eigenvalue weighted by Gasteiger charge is 2.34. The van der Waals surface area contributed by atoms with Crippen molar-refractivity contribution in [2.45, 2.75) is 39.3 Å². The zero-order chi connectivity index (χ0) is 11.9. The fraction of sp³-hybridized carbons (Fsp3) is 0.636. The molecule has 3 N–H and O–H groups in total. The van der Waals surface area contributed by atoms with Crippen molar-refractivity contribution in [1.82, 2.24) is 15.1 Å². The highest BCUT2D eigenvalue weighted by Crippen LogP contribution is 2.31. The third-order valence-electron chi connectivity index (χ3n) is 3.09. The maximum Gasteiger partial charge on any atom is 0.269 e. The molecule has 2 rings (SSSR count). The standard InChI is InChI=1S/C11H18N4O/c1-4-15-9-7(8(14-15)10(12)16)5-13-6-11(9,2)3/h13H,4-6H2,1-3H3,(H2,12,16). The Labute approximate surface area is 95.0 Å². The van der Waals surface area contributed by atoms with Gasteiger partial charge in [-0.05, 0) is 6.92 Å². The minimum absolute atomic E-state index is 0.00963.